The van der Waals surface area contributed by atoms with Gasteiger partial charge in [-0.2, -0.15) is 0 Å². The highest BCUT2D eigenvalue weighted by Gasteiger charge is 2.29. The van der Waals surface area contributed by atoms with Gasteiger partial charge in [-0.3, -0.25) is 0 Å². The third kappa shape index (κ3) is 4.15. The van der Waals surface area contributed by atoms with Crippen molar-refractivity contribution >= 4 is 34.8 Å². The van der Waals surface area contributed by atoms with E-state index in [4.69, 9.17) is 34.8 Å². The number of rotatable bonds is 6. The molecule has 2 rings (SSSR count). The Kier molecular flexibility index (Phi) is 5.77. The van der Waals surface area contributed by atoms with Crippen LogP contribution in [0.4, 0.5) is 0 Å². The van der Waals surface area contributed by atoms with E-state index in [1.807, 2.05) is 36.4 Å². The summed E-state index contributed by atoms with van der Waals surface area (Å²) in [6.45, 7) is 0. The predicted molar refractivity (Wildman–Crippen MR) is 89.2 cm³/mol. The minimum absolute atomic E-state index is 0.144. The average Bonchev–Trinajstić information content (AvgIpc) is 2.47. The first-order chi connectivity index (χ1) is 9.67. The average molecular weight is 328 g/mol. The molecule has 0 N–H and O–H groups in total. The summed E-state index contributed by atoms with van der Waals surface area (Å²) in [5.74, 6) is 1.05. The second-order valence-electron chi connectivity index (χ2n) is 5.24. The molecule has 0 aliphatic rings. The van der Waals surface area contributed by atoms with E-state index in [0.717, 1.165) is 17.9 Å². The summed E-state index contributed by atoms with van der Waals surface area (Å²) in [7, 11) is 0. The predicted octanol–water partition coefficient (Wildman–Crippen LogP) is 5.59. The molecule has 0 amide bonds. The number of hydrogen-bond donors (Lipinski definition) is 0. The van der Waals surface area contributed by atoms with Crippen LogP contribution in [0.1, 0.15) is 11.1 Å². The van der Waals surface area contributed by atoms with Gasteiger partial charge in [-0.05, 0) is 36.1 Å². The van der Waals surface area contributed by atoms with E-state index in [2.05, 4.69) is 18.2 Å². The Hall–Kier alpha value is -0.690. The van der Waals surface area contributed by atoms with Crippen LogP contribution < -0.4 is 0 Å². The molecule has 0 fully saturated rings. The molecule has 0 aliphatic carbocycles. The maximum atomic E-state index is 6.25. The Morgan fingerprint density at radius 1 is 0.750 bits per heavy atom. The normalized spacial score (nSPS) is 11.6. The van der Waals surface area contributed by atoms with Gasteiger partial charge in [0.25, 0.3) is 0 Å². The summed E-state index contributed by atoms with van der Waals surface area (Å²) in [6, 6.07) is 18.2. The molecule has 0 unspecified atom stereocenters. The molecule has 106 valence electrons. The van der Waals surface area contributed by atoms with E-state index in [1.165, 1.54) is 11.1 Å². The van der Waals surface area contributed by atoms with Crippen LogP contribution in [0.2, 0.25) is 5.02 Å². The third-order valence-corrected chi connectivity index (χ3v) is 4.83. The van der Waals surface area contributed by atoms with Gasteiger partial charge in [0.15, 0.2) is 0 Å². The number of hydrogen-bond acceptors (Lipinski definition) is 0. The van der Waals surface area contributed by atoms with Gasteiger partial charge in [0.05, 0.1) is 0 Å². The minimum atomic E-state index is -0.144. The topological polar surface area (TPSA) is 0 Å². The fraction of sp³-hybridized carbons (Fsp3) is 0.294. The zero-order valence-corrected chi connectivity index (χ0v) is 13.4. The number of benzene rings is 2. The van der Waals surface area contributed by atoms with E-state index >= 15 is 0 Å². The first-order valence-corrected chi connectivity index (χ1v) is 8.02. The Bertz CT molecular complexity index is 533. The summed E-state index contributed by atoms with van der Waals surface area (Å²) in [5.41, 5.74) is 2.29. The molecule has 0 nitrogen and oxygen atoms in total. The maximum absolute atomic E-state index is 6.25. The van der Waals surface area contributed by atoms with E-state index in [-0.39, 0.29) is 5.41 Å². The van der Waals surface area contributed by atoms with Crippen LogP contribution in [0.25, 0.3) is 0 Å². The highest BCUT2D eigenvalue weighted by Crippen LogP contribution is 2.31. The molecule has 0 radical (unpaired) electrons. The Labute approximate surface area is 135 Å². The number of halogens is 3. The van der Waals surface area contributed by atoms with Crippen molar-refractivity contribution < 1.29 is 0 Å². The Morgan fingerprint density at radius 3 is 1.95 bits per heavy atom. The van der Waals surface area contributed by atoms with Gasteiger partial charge in [0, 0.05) is 22.2 Å². The maximum Gasteiger partial charge on any atom is 0.0408 e. The SMILES string of the molecule is ClCC(CCl)(Cc1ccccc1)Cc1cccc(Cl)c1. The smallest absolute Gasteiger partial charge is 0.0408 e. The summed E-state index contributed by atoms with van der Waals surface area (Å²) in [5, 5.41) is 0.750. The van der Waals surface area contributed by atoms with Crippen molar-refractivity contribution in [3.8, 4) is 0 Å². The first-order valence-electron chi connectivity index (χ1n) is 6.58. The van der Waals surface area contributed by atoms with Crippen LogP contribution in [0.15, 0.2) is 54.6 Å². The molecule has 2 aromatic rings. The zero-order valence-electron chi connectivity index (χ0n) is 11.2. The highest BCUT2D eigenvalue weighted by atomic mass is 35.5. The van der Waals surface area contributed by atoms with E-state index < -0.39 is 0 Å². The van der Waals surface area contributed by atoms with Gasteiger partial charge >= 0.3 is 0 Å². The first kappa shape index (κ1) is 15.7. The molecule has 0 saturated carbocycles. The Morgan fingerprint density at radius 2 is 1.35 bits per heavy atom. The van der Waals surface area contributed by atoms with E-state index in [0.29, 0.717) is 11.8 Å². The molecule has 0 aromatic heterocycles. The molecule has 0 aliphatic heterocycles. The van der Waals surface area contributed by atoms with Gasteiger partial charge in [-0.25, -0.2) is 0 Å². The zero-order chi connectivity index (χ0) is 14.4. The molecular weight excluding hydrogens is 311 g/mol. The Balaban J connectivity index is 2.21. The van der Waals surface area contributed by atoms with Crippen molar-refractivity contribution in [1.29, 1.82) is 0 Å². The summed E-state index contributed by atoms with van der Waals surface area (Å²) in [4.78, 5) is 0. The van der Waals surface area contributed by atoms with Crippen molar-refractivity contribution in [3.63, 3.8) is 0 Å². The van der Waals surface area contributed by atoms with Crippen molar-refractivity contribution in [2.45, 2.75) is 12.8 Å². The molecule has 2 aromatic carbocycles. The largest absolute Gasteiger partial charge is 0.126 e. The van der Waals surface area contributed by atoms with Crippen molar-refractivity contribution in [3.05, 3.63) is 70.7 Å². The second kappa shape index (κ2) is 7.36. The third-order valence-electron chi connectivity index (χ3n) is 3.46. The molecule has 3 heteroatoms. The van der Waals surface area contributed by atoms with Gasteiger partial charge in [0.2, 0.25) is 0 Å². The lowest BCUT2D eigenvalue weighted by Gasteiger charge is -2.30. The van der Waals surface area contributed by atoms with E-state index in [9.17, 15) is 0 Å². The molecule has 0 saturated heterocycles. The van der Waals surface area contributed by atoms with E-state index in [1.54, 1.807) is 0 Å². The van der Waals surface area contributed by atoms with Crippen LogP contribution >= 0.6 is 34.8 Å². The van der Waals surface area contributed by atoms with Crippen LogP contribution in [0.5, 0.6) is 0 Å². The lowest BCUT2D eigenvalue weighted by molar-refractivity contribution is 0.374. The summed E-state index contributed by atoms with van der Waals surface area (Å²) in [6.07, 6.45) is 1.70. The molecule has 20 heavy (non-hydrogen) atoms. The number of alkyl halides is 2. The minimum Gasteiger partial charge on any atom is -0.126 e. The quantitative estimate of drug-likeness (QED) is 0.607. The molecule has 0 spiro atoms. The fourth-order valence-electron chi connectivity index (χ4n) is 2.40. The van der Waals surface area contributed by atoms with Crippen molar-refractivity contribution in [2.75, 3.05) is 11.8 Å². The lowest BCUT2D eigenvalue weighted by Crippen LogP contribution is -2.30. The second-order valence-corrected chi connectivity index (χ2v) is 6.21. The monoisotopic (exact) mass is 326 g/mol. The van der Waals surface area contributed by atoms with Crippen LogP contribution in [0.3, 0.4) is 0 Å². The standard InChI is InChI=1S/C17H17Cl3/c18-12-17(13-19,10-14-5-2-1-3-6-14)11-15-7-4-8-16(20)9-15/h1-9H,10-13H2. The lowest BCUT2D eigenvalue weighted by atomic mass is 9.80. The van der Waals surface area contributed by atoms with Gasteiger partial charge in [-0.1, -0.05) is 54.1 Å². The van der Waals surface area contributed by atoms with Gasteiger partial charge in [0.1, 0.15) is 0 Å². The summed E-state index contributed by atoms with van der Waals surface area (Å²) >= 11 is 18.5. The highest BCUT2D eigenvalue weighted by molar-refractivity contribution is 6.30. The van der Waals surface area contributed by atoms with Gasteiger partial charge in [-0.15, -0.1) is 23.2 Å². The van der Waals surface area contributed by atoms with Crippen molar-refractivity contribution in [2.24, 2.45) is 5.41 Å². The van der Waals surface area contributed by atoms with Gasteiger partial charge < -0.3 is 0 Å². The molecule has 0 atom stereocenters. The molecule has 0 bridgehead atoms. The van der Waals surface area contributed by atoms with Crippen LogP contribution in [-0.2, 0) is 12.8 Å². The van der Waals surface area contributed by atoms with Crippen LogP contribution in [0, 0.1) is 5.41 Å². The van der Waals surface area contributed by atoms with Crippen LogP contribution in [-0.4, -0.2) is 11.8 Å². The molecule has 0 heterocycles. The van der Waals surface area contributed by atoms with Crippen molar-refractivity contribution in [1.82, 2.24) is 0 Å². The molecular formula is C17H17Cl3. The summed E-state index contributed by atoms with van der Waals surface area (Å²) < 4.78 is 0. The fourth-order valence-corrected chi connectivity index (χ4v) is 3.27.